The van der Waals surface area contributed by atoms with Crippen LogP contribution in [0.2, 0.25) is 0 Å². The normalized spacial score (nSPS) is 13.9. The van der Waals surface area contributed by atoms with Crippen molar-refractivity contribution in [3.8, 4) is 0 Å². The van der Waals surface area contributed by atoms with Crippen molar-refractivity contribution in [3.05, 3.63) is 18.2 Å². The fourth-order valence-electron chi connectivity index (χ4n) is 1.41. The number of imidazole rings is 1. The van der Waals surface area contributed by atoms with Gasteiger partial charge >= 0.3 is 0 Å². The van der Waals surface area contributed by atoms with E-state index in [0.29, 0.717) is 13.1 Å². The molecule has 1 aromatic heterocycles. The highest BCUT2D eigenvalue weighted by Gasteiger charge is 2.09. The number of nitrogens with zero attached hydrogens (tertiary/aromatic N) is 2. The van der Waals surface area contributed by atoms with Gasteiger partial charge in [0.2, 0.25) is 10.0 Å². The third kappa shape index (κ3) is 4.30. The van der Waals surface area contributed by atoms with Crippen LogP contribution in [-0.2, 0) is 17.1 Å². The van der Waals surface area contributed by atoms with Gasteiger partial charge in [-0.05, 0) is 6.92 Å². The van der Waals surface area contributed by atoms with Crippen LogP contribution in [0, 0.1) is 0 Å². The van der Waals surface area contributed by atoms with Gasteiger partial charge in [0.15, 0.2) is 0 Å². The number of nitrogens with one attached hydrogen (secondary N) is 2. The lowest BCUT2D eigenvalue weighted by molar-refractivity contribution is 0.526. The lowest BCUT2D eigenvalue weighted by Gasteiger charge is -2.13. The summed E-state index contributed by atoms with van der Waals surface area (Å²) in [4.78, 5) is 4.20. The smallest absolute Gasteiger partial charge is 0.208 e. The van der Waals surface area contributed by atoms with Crippen LogP contribution in [0.25, 0.3) is 0 Å². The van der Waals surface area contributed by atoms with E-state index < -0.39 is 10.0 Å². The number of hydrogen-bond acceptors (Lipinski definition) is 4. The Labute approximate surface area is 96.1 Å². The topological polar surface area (TPSA) is 76.0 Å². The minimum atomic E-state index is -3.09. The molecule has 0 aliphatic rings. The molecule has 0 spiro atoms. The first-order valence-electron chi connectivity index (χ1n) is 5.05. The van der Waals surface area contributed by atoms with Crippen LogP contribution >= 0.6 is 0 Å². The van der Waals surface area contributed by atoms with E-state index in [-0.39, 0.29) is 6.04 Å². The van der Waals surface area contributed by atoms with Crippen molar-refractivity contribution in [3.63, 3.8) is 0 Å². The minimum Gasteiger partial charge on any atom is -0.337 e. The quantitative estimate of drug-likeness (QED) is 0.671. The highest BCUT2D eigenvalue weighted by Crippen LogP contribution is 2.07. The molecule has 0 aliphatic heterocycles. The van der Waals surface area contributed by atoms with Crippen molar-refractivity contribution in [2.75, 3.05) is 19.3 Å². The molecule has 0 saturated carbocycles. The van der Waals surface area contributed by atoms with Gasteiger partial charge in [0.25, 0.3) is 0 Å². The first-order chi connectivity index (χ1) is 7.40. The van der Waals surface area contributed by atoms with Crippen LogP contribution in [0.3, 0.4) is 0 Å². The van der Waals surface area contributed by atoms with E-state index in [9.17, 15) is 8.42 Å². The summed E-state index contributed by atoms with van der Waals surface area (Å²) in [6.07, 6.45) is 4.76. The molecule has 0 fully saturated rings. The second kappa shape index (κ2) is 5.42. The van der Waals surface area contributed by atoms with Gasteiger partial charge < -0.3 is 9.88 Å². The van der Waals surface area contributed by atoms with Crippen molar-refractivity contribution in [1.82, 2.24) is 19.6 Å². The molecular weight excluding hydrogens is 228 g/mol. The Hall–Kier alpha value is -0.920. The summed E-state index contributed by atoms with van der Waals surface area (Å²) in [5, 5.41) is 3.19. The Bertz CT molecular complexity index is 426. The summed E-state index contributed by atoms with van der Waals surface area (Å²) in [6.45, 7) is 2.94. The van der Waals surface area contributed by atoms with Crippen molar-refractivity contribution in [2.24, 2.45) is 7.05 Å². The zero-order chi connectivity index (χ0) is 12.2. The standard InChI is InChI=1S/C9H18N4O2S/c1-8(9-11-6-7-13(9)2)10-4-5-12-16(3,14)15/h6-8,10,12H,4-5H2,1-3H3. The van der Waals surface area contributed by atoms with Gasteiger partial charge in [-0.3, -0.25) is 0 Å². The third-order valence-electron chi connectivity index (χ3n) is 2.19. The van der Waals surface area contributed by atoms with Gasteiger partial charge in [0, 0.05) is 32.5 Å². The Kier molecular flexibility index (Phi) is 4.45. The number of hydrogen-bond donors (Lipinski definition) is 2. The second-order valence-electron chi connectivity index (χ2n) is 3.74. The summed E-state index contributed by atoms with van der Waals surface area (Å²) in [6, 6.07) is 0.0985. The lowest BCUT2D eigenvalue weighted by Crippen LogP contribution is -2.32. The van der Waals surface area contributed by atoms with E-state index in [4.69, 9.17) is 0 Å². The fourth-order valence-corrected chi connectivity index (χ4v) is 1.88. The molecule has 2 N–H and O–H groups in total. The van der Waals surface area contributed by atoms with Crippen LogP contribution in [0.4, 0.5) is 0 Å². The molecule has 6 nitrogen and oxygen atoms in total. The van der Waals surface area contributed by atoms with Crippen LogP contribution in [-0.4, -0.2) is 37.3 Å². The van der Waals surface area contributed by atoms with Gasteiger partial charge in [0.05, 0.1) is 12.3 Å². The number of rotatable bonds is 6. The van der Waals surface area contributed by atoms with Gasteiger partial charge in [-0.1, -0.05) is 0 Å². The summed E-state index contributed by atoms with van der Waals surface area (Å²) >= 11 is 0. The molecule has 0 aliphatic carbocycles. The molecule has 1 heterocycles. The van der Waals surface area contributed by atoms with Crippen molar-refractivity contribution in [2.45, 2.75) is 13.0 Å². The average Bonchev–Trinajstić information content (AvgIpc) is 2.57. The first-order valence-corrected chi connectivity index (χ1v) is 6.94. The highest BCUT2D eigenvalue weighted by atomic mass is 32.2. The monoisotopic (exact) mass is 246 g/mol. The van der Waals surface area contributed by atoms with Crippen molar-refractivity contribution in [1.29, 1.82) is 0 Å². The summed E-state index contributed by atoms with van der Waals surface area (Å²) in [5.41, 5.74) is 0. The maximum atomic E-state index is 10.8. The lowest BCUT2D eigenvalue weighted by atomic mass is 10.3. The number of sulfonamides is 1. The molecule has 1 atom stereocenters. The molecule has 1 rings (SSSR count). The van der Waals surface area contributed by atoms with E-state index in [0.717, 1.165) is 12.1 Å². The van der Waals surface area contributed by atoms with Gasteiger partial charge in [0.1, 0.15) is 5.82 Å². The van der Waals surface area contributed by atoms with Gasteiger partial charge in [-0.2, -0.15) is 0 Å². The molecular formula is C9H18N4O2S. The molecule has 7 heteroatoms. The molecule has 1 aromatic rings. The fraction of sp³-hybridized carbons (Fsp3) is 0.667. The number of aromatic nitrogens is 2. The van der Waals surface area contributed by atoms with Crippen molar-refractivity contribution < 1.29 is 8.42 Å². The third-order valence-corrected chi connectivity index (χ3v) is 2.91. The maximum Gasteiger partial charge on any atom is 0.208 e. The average molecular weight is 246 g/mol. The molecule has 0 aromatic carbocycles. The zero-order valence-corrected chi connectivity index (χ0v) is 10.6. The number of aryl methyl sites for hydroxylation is 1. The van der Waals surface area contributed by atoms with Gasteiger partial charge in [-0.25, -0.2) is 18.1 Å². The van der Waals surface area contributed by atoms with E-state index in [2.05, 4.69) is 15.0 Å². The van der Waals surface area contributed by atoms with Crippen LogP contribution in [0.1, 0.15) is 18.8 Å². The van der Waals surface area contributed by atoms with E-state index in [1.807, 2.05) is 24.7 Å². The molecule has 92 valence electrons. The Morgan fingerprint density at radius 2 is 2.19 bits per heavy atom. The maximum absolute atomic E-state index is 10.8. The van der Waals surface area contributed by atoms with E-state index in [1.54, 1.807) is 6.20 Å². The SMILES string of the molecule is CC(NCCNS(C)(=O)=O)c1nccn1C. The second-order valence-corrected chi connectivity index (χ2v) is 5.57. The molecule has 0 amide bonds. The summed E-state index contributed by atoms with van der Waals surface area (Å²) in [5.74, 6) is 0.930. The summed E-state index contributed by atoms with van der Waals surface area (Å²) < 4.78 is 26.0. The zero-order valence-electron chi connectivity index (χ0n) is 9.77. The van der Waals surface area contributed by atoms with Crippen LogP contribution in [0.5, 0.6) is 0 Å². The molecule has 0 saturated heterocycles. The van der Waals surface area contributed by atoms with Crippen LogP contribution < -0.4 is 10.0 Å². The predicted molar refractivity (Wildman–Crippen MR) is 62.5 cm³/mol. The van der Waals surface area contributed by atoms with Gasteiger partial charge in [-0.15, -0.1) is 0 Å². The van der Waals surface area contributed by atoms with E-state index in [1.165, 1.54) is 0 Å². The largest absolute Gasteiger partial charge is 0.337 e. The first kappa shape index (κ1) is 13.1. The Balaban J connectivity index is 2.32. The van der Waals surface area contributed by atoms with E-state index >= 15 is 0 Å². The molecule has 16 heavy (non-hydrogen) atoms. The highest BCUT2D eigenvalue weighted by molar-refractivity contribution is 7.88. The molecule has 1 unspecified atom stereocenters. The summed E-state index contributed by atoms with van der Waals surface area (Å²) in [7, 11) is -1.17. The minimum absolute atomic E-state index is 0.0985. The Morgan fingerprint density at radius 1 is 1.50 bits per heavy atom. The molecule has 0 bridgehead atoms. The Morgan fingerprint density at radius 3 is 2.69 bits per heavy atom. The van der Waals surface area contributed by atoms with Crippen LogP contribution in [0.15, 0.2) is 12.4 Å². The molecule has 0 radical (unpaired) electrons. The predicted octanol–water partition coefficient (Wildman–Crippen LogP) is -0.380. The van der Waals surface area contributed by atoms with Crippen molar-refractivity contribution >= 4 is 10.0 Å².